The van der Waals surface area contributed by atoms with Crippen LogP contribution in [0.25, 0.3) is 4.85 Å². The van der Waals surface area contributed by atoms with Gasteiger partial charge < -0.3 is 4.74 Å². The Balaban J connectivity index is 2.45. The first-order valence-corrected chi connectivity index (χ1v) is 7.09. The summed E-state index contributed by atoms with van der Waals surface area (Å²) in [6.45, 7) is 15.4. The van der Waals surface area contributed by atoms with Crippen LogP contribution in [0.15, 0.2) is 15.0 Å². The fourth-order valence-electron chi connectivity index (χ4n) is 1.97. The van der Waals surface area contributed by atoms with E-state index in [1.807, 2.05) is 20.8 Å². The number of hydrogen-bond donors (Lipinski definition) is 2. The van der Waals surface area contributed by atoms with Gasteiger partial charge in [0.25, 0.3) is 11.2 Å². The number of rotatable bonds is 4. The zero-order valence-corrected chi connectivity index (χ0v) is 13.8. The molecule has 9 nitrogen and oxygen atoms in total. The maximum absolute atomic E-state index is 12.0. The number of aromatic nitrogens is 4. The van der Waals surface area contributed by atoms with E-state index < -0.39 is 0 Å². The van der Waals surface area contributed by atoms with Gasteiger partial charge in [-0.25, -0.2) is 4.85 Å². The molecule has 0 saturated carbocycles. The molecule has 2 rings (SSSR count). The zero-order valence-electron chi connectivity index (χ0n) is 13.8. The molecule has 0 atom stereocenters. The van der Waals surface area contributed by atoms with Crippen molar-refractivity contribution in [3.8, 4) is 5.88 Å². The number of azo groups is 1. The number of nitrogens with zero attached hydrogens (tertiary/aromatic N) is 5. The van der Waals surface area contributed by atoms with Crippen molar-refractivity contribution in [1.29, 1.82) is 0 Å². The number of hydrogen-bond acceptors (Lipinski definition) is 5. The second-order valence-electron chi connectivity index (χ2n) is 5.92. The molecule has 2 aromatic rings. The molecule has 0 unspecified atom stereocenters. The molecule has 2 aromatic heterocycles. The van der Waals surface area contributed by atoms with Crippen molar-refractivity contribution in [2.24, 2.45) is 17.3 Å². The first-order chi connectivity index (χ1) is 10.8. The Morgan fingerprint density at radius 1 is 1.39 bits per heavy atom. The Labute approximate surface area is 133 Å². The van der Waals surface area contributed by atoms with Gasteiger partial charge in [0, 0.05) is 12.7 Å². The minimum Gasteiger partial charge on any atom is -0.477 e. The molecule has 0 bridgehead atoms. The molecular weight excluding hydrogens is 298 g/mol. The molecular formula is C14H19N7O2. The van der Waals surface area contributed by atoms with Crippen LogP contribution in [0.2, 0.25) is 0 Å². The number of ether oxygens (including phenoxy) is 1. The van der Waals surface area contributed by atoms with Gasteiger partial charge in [0.05, 0.1) is 13.2 Å². The van der Waals surface area contributed by atoms with Crippen molar-refractivity contribution in [2.75, 3.05) is 6.61 Å². The zero-order chi connectivity index (χ0) is 17.2. The lowest BCUT2D eigenvalue weighted by atomic mass is 9.91. The van der Waals surface area contributed by atoms with Crippen LogP contribution in [0.5, 0.6) is 5.88 Å². The lowest BCUT2D eigenvalue weighted by Crippen LogP contribution is -2.11. The fraction of sp³-hybridized carbons (Fsp3) is 0.500. The van der Waals surface area contributed by atoms with Crippen LogP contribution in [0.3, 0.4) is 0 Å². The molecule has 122 valence electrons. The summed E-state index contributed by atoms with van der Waals surface area (Å²) in [5.74, 6) is 0.385. The standard InChI is InChI=1S/C14H19N7O2/c1-7-23-12-9(13(22)21(6)20-12)16-18-11-8(15-5)10(17-19-11)14(2,3)4/h20H,7H2,1-4,6H3,(H,17,19). The van der Waals surface area contributed by atoms with Crippen molar-refractivity contribution in [3.63, 3.8) is 0 Å². The highest BCUT2D eigenvalue weighted by atomic mass is 16.5. The summed E-state index contributed by atoms with van der Waals surface area (Å²) in [6.07, 6.45) is 0. The number of aromatic amines is 2. The summed E-state index contributed by atoms with van der Waals surface area (Å²) in [5.41, 5.74) is 0.375. The molecule has 0 saturated heterocycles. The highest BCUT2D eigenvalue weighted by Gasteiger charge is 2.24. The first-order valence-electron chi connectivity index (χ1n) is 7.09. The Morgan fingerprint density at radius 3 is 2.65 bits per heavy atom. The van der Waals surface area contributed by atoms with Crippen molar-refractivity contribution in [3.05, 3.63) is 27.5 Å². The van der Waals surface area contributed by atoms with E-state index in [1.165, 1.54) is 4.68 Å². The Kier molecular flexibility index (Phi) is 4.36. The second-order valence-corrected chi connectivity index (χ2v) is 5.92. The minimum absolute atomic E-state index is 0.0468. The number of aryl methyl sites for hydroxylation is 1. The van der Waals surface area contributed by atoms with Crippen LogP contribution in [-0.4, -0.2) is 26.6 Å². The molecule has 2 heterocycles. The summed E-state index contributed by atoms with van der Waals surface area (Å²) < 4.78 is 6.57. The molecule has 0 amide bonds. The average molecular weight is 317 g/mol. The van der Waals surface area contributed by atoms with E-state index in [-0.39, 0.29) is 28.4 Å². The topological polar surface area (TPSA) is 105 Å². The van der Waals surface area contributed by atoms with Gasteiger partial charge in [-0.3, -0.25) is 19.7 Å². The lowest BCUT2D eigenvalue weighted by Gasteiger charge is -2.16. The largest absolute Gasteiger partial charge is 0.477 e. The minimum atomic E-state index is -0.367. The van der Waals surface area contributed by atoms with Crippen molar-refractivity contribution in [1.82, 2.24) is 20.0 Å². The van der Waals surface area contributed by atoms with Gasteiger partial charge in [0.1, 0.15) is 0 Å². The average Bonchev–Trinajstić information content (AvgIpc) is 3.00. The normalized spacial score (nSPS) is 11.8. The predicted molar refractivity (Wildman–Crippen MR) is 84.9 cm³/mol. The van der Waals surface area contributed by atoms with E-state index in [4.69, 9.17) is 11.3 Å². The van der Waals surface area contributed by atoms with Crippen LogP contribution in [0.1, 0.15) is 33.4 Å². The number of nitrogens with one attached hydrogen (secondary N) is 2. The SMILES string of the molecule is [C-]#[N+]c1c(N=Nc2c(OCC)[nH]n(C)c2=O)n[nH]c1C(C)(C)C. The lowest BCUT2D eigenvalue weighted by molar-refractivity contribution is 0.324. The molecule has 0 fully saturated rings. The molecule has 0 aromatic carbocycles. The Hall–Kier alpha value is -2.89. The summed E-state index contributed by atoms with van der Waals surface area (Å²) in [7, 11) is 1.56. The van der Waals surface area contributed by atoms with E-state index >= 15 is 0 Å². The molecule has 0 radical (unpaired) electrons. The molecule has 23 heavy (non-hydrogen) atoms. The molecule has 2 N–H and O–H groups in total. The van der Waals surface area contributed by atoms with Crippen LogP contribution in [0.4, 0.5) is 17.2 Å². The van der Waals surface area contributed by atoms with Crippen LogP contribution in [0, 0.1) is 6.57 Å². The molecule has 0 aliphatic rings. The van der Waals surface area contributed by atoms with Gasteiger partial charge in [-0.2, -0.15) is 5.10 Å². The third-order valence-electron chi connectivity index (χ3n) is 3.11. The molecule has 0 aliphatic carbocycles. The van der Waals surface area contributed by atoms with Crippen molar-refractivity contribution in [2.45, 2.75) is 33.1 Å². The maximum atomic E-state index is 12.0. The number of H-pyrrole nitrogens is 2. The van der Waals surface area contributed by atoms with Gasteiger partial charge in [0.15, 0.2) is 0 Å². The van der Waals surface area contributed by atoms with E-state index in [2.05, 4.69) is 30.4 Å². The smallest absolute Gasteiger partial charge is 0.298 e. The molecule has 0 aliphatic heterocycles. The van der Waals surface area contributed by atoms with Gasteiger partial charge in [-0.15, -0.1) is 10.2 Å². The molecule has 9 heteroatoms. The molecule has 0 spiro atoms. The predicted octanol–water partition coefficient (Wildman–Crippen LogP) is 3.10. The van der Waals surface area contributed by atoms with Crippen LogP contribution in [-0.2, 0) is 12.5 Å². The van der Waals surface area contributed by atoms with Gasteiger partial charge >= 0.3 is 0 Å². The summed E-state index contributed by atoms with van der Waals surface area (Å²) >= 11 is 0. The van der Waals surface area contributed by atoms with Gasteiger partial charge in [-0.05, 0) is 12.3 Å². The second kappa shape index (κ2) is 6.08. The third kappa shape index (κ3) is 3.15. The van der Waals surface area contributed by atoms with Crippen LogP contribution >= 0.6 is 0 Å². The van der Waals surface area contributed by atoms with Gasteiger partial charge in [0.2, 0.25) is 17.4 Å². The van der Waals surface area contributed by atoms with E-state index in [1.54, 1.807) is 14.0 Å². The monoisotopic (exact) mass is 317 g/mol. The van der Waals surface area contributed by atoms with Crippen molar-refractivity contribution >= 4 is 17.2 Å². The first kappa shape index (κ1) is 16.5. The summed E-state index contributed by atoms with van der Waals surface area (Å²) in [4.78, 5) is 15.5. The Morgan fingerprint density at radius 2 is 2.09 bits per heavy atom. The Bertz CT molecular complexity index is 827. The summed E-state index contributed by atoms with van der Waals surface area (Å²) in [6, 6.07) is 0. The fourth-order valence-corrected chi connectivity index (χ4v) is 1.97. The van der Waals surface area contributed by atoms with E-state index in [0.29, 0.717) is 18.0 Å². The highest BCUT2D eigenvalue weighted by Crippen LogP contribution is 2.37. The maximum Gasteiger partial charge on any atom is 0.298 e. The third-order valence-corrected chi connectivity index (χ3v) is 3.11. The summed E-state index contributed by atoms with van der Waals surface area (Å²) in [5, 5.41) is 17.5. The highest BCUT2D eigenvalue weighted by molar-refractivity contribution is 5.66. The van der Waals surface area contributed by atoms with Crippen molar-refractivity contribution < 1.29 is 4.74 Å². The quantitative estimate of drug-likeness (QED) is 0.668. The van der Waals surface area contributed by atoms with Crippen LogP contribution < -0.4 is 10.3 Å². The van der Waals surface area contributed by atoms with E-state index in [9.17, 15) is 4.79 Å². The van der Waals surface area contributed by atoms with E-state index in [0.717, 1.165) is 0 Å². The van der Waals surface area contributed by atoms with Gasteiger partial charge in [-0.1, -0.05) is 20.8 Å².